The molecular weight excluding hydrogens is 514 g/mol. The first-order chi connectivity index (χ1) is 18.6. The summed E-state index contributed by atoms with van der Waals surface area (Å²) in [7, 11) is 1.52. The number of pyridine rings is 1. The van der Waals surface area contributed by atoms with E-state index in [4.69, 9.17) is 14.7 Å². The molecule has 7 nitrogen and oxygen atoms in total. The molecule has 0 atom stereocenters. The fourth-order valence-corrected chi connectivity index (χ4v) is 4.22. The number of hydrogen-bond donors (Lipinski definition) is 1. The molecule has 2 aliphatic rings. The van der Waals surface area contributed by atoms with Crippen LogP contribution in [0.5, 0.6) is 11.6 Å². The highest BCUT2D eigenvalue weighted by Gasteiger charge is 2.31. The topological polar surface area (TPSA) is 73.6 Å². The second kappa shape index (κ2) is 10.2. The molecule has 11 heteroatoms. The Morgan fingerprint density at radius 2 is 1.74 bits per heavy atom. The van der Waals surface area contributed by atoms with Crippen LogP contribution < -0.4 is 20.1 Å². The maximum absolute atomic E-state index is 14.4. The summed E-state index contributed by atoms with van der Waals surface area (Å²) in [6, 6.07) is 16.6. The second-order valence-electron chi connectivity index (χ2n) is 8.89. The number of fused-ring (bicyclic) bond motifs is 2. The lowest BCUT2D eigenvalue weighted by Crippen LogP contribution is -2.17. The number of anilines is 2. The fourth-order valence-electron chi connectivity index (χ4n) is 4.22. The predicted molar refractivity (Wildman–Crippen MR) is 139 cm³/mol. The van der Waals surface area contributed by atoms with Gasteiger partial charge >= 0.3 is 6.36 Å². The van der Waals surface area contributed by atoms with Gasteiger partial charge in [0.2, 0.25) is 5.88 Å². The van der Waals surface area contributed by atoms with Crippen molar-refractivity contribution in [2.75, 3.05) is 12.4 Å². The molecule has 0 amide bonds. The molecule has 200 valence electrons. The van der Waals surface area contributed by atoms with Gasteiger partial charge in [0.25, 0.3) is 0 Å². The second-order valence-corrected chi connectivity index (χ2v) is 8.89. The number of ether oxygens (including phenoxy) is 2. The third-order valence-electron chi connectivity index (χ3n) is 5.71. The molecule has 0 fully saturated rings. The van der Waals surface area contributed by atoms with Crippen LogP contribution in [0, 0.1) is 5.82 Å². The molecule has 1 aromatic heterocycles. The molecule has 0 spiro atoms. The van der Waals surface area contributed by atoms with E-state index in [1.54, 1.807) is 29.0 Å². The molecule has 5 rings (SSSR count). The Morgan fingerprint density at radius 1 is 0.974 bits per heavy atom. The van der Waals surface area contributed by atoms with E-state index in [1.807, 2.05) is 26.0 Å². The lowest BCUT2D eigenvalue weighted by molar-refractivity contribution is -0.274. The van der Waals surface area contributed by atoms with E-state index in [-0.39, 0.29) is 11.8 Å². The number of methoxy groups -OCH3 is 1. The van der Waals surface area contributed by atoms with Crippen LogP contribution in [-0.4, -0.2) is 34.0 Å². The van der Waals surface area contributed by atoms with Crippen molar-refractivity contribution < 1.29 is 27.0 Å². The summed E-state index contributed by atoms with van der Waals surface area (Å²) < 4.78 is 63.6. The number of nitrogens with one attached hydrogen (secondary N) is 1. The van der Waals surface area contributed by atoms with Gasteiger partial charge in [-0.05, 0) is 74.5 Å². The summed E-state index contributed by atoms with van der Waals surface area (Å²) in [5, 5.41) is 3.91. The van der Waals surface area contributed by atoms with Crippen molar-refractivity contribution >= 4 is 22.4 Å². The van der Waals surface area contributed by atoms with Crippen LogP contribution in [0.1, 0.15) is 13.8 Å². The maximum atomic E-state index is 14.4. The first kappa shape index (κ1) is 26.0. The molecule has 2 heterocycles. The van der Waals surface area contributed by atoms with Crippen molar-refractivity contribution in [3.05, 3.63) is 84.1 Å². The fraction of sp³-hybridized carbons (Fsp3) is 0.179. The highest BCUT2D eigenvalue weighted by atomic mass is 19.4. The molecule has 0 bridgehead atoms. The third-order valence-corrected chi connectivity index (χ3v) is 5.71. The minimum atomic E-state index is -4.82. The first-order valence-electron chi connectivity index (χ1n) is 11.9. The molecule has 1 aliphatic carbocycles. The van der Waals surface area contributed by atoms with Crippen LogP contribution in [0.4, 0.5) is 28.9 Å². The zero-order chi connectivity index (χ0) is 27.7. The van der Waals surface area contributed by atoms with Crippen LogP contribution in [0.15, 0.2) is 77.9 Å². The average molecular weight is 538 g/mol. The number of rotatable bonds is 6. The van der Waals surface area contributed by atoms with Gasteiger partial charge in [-0.25, -0.2) is 14.4 Å². The molecule has 1 aliphatic heterocycles. The summed E-state index contributed by atoms with van der Waals surface area (Å²) in [5.41, 5.74) is 3.76. The van der Waals surface area contributed by atoms with Gasteiger partial charge < -0.3 is 19.4 Å². The van der Waals surface area contributed by atoms with Crippen molar-refractivity contribution in [2.45, 2.75) is 26.3 Å². The molecule has 1 N–H and O–H groups in total. The summed E-state index contributed by atoms with van der Waals surface area (Å²) in [6.07, 6.45) is -3.20. The monoisotopic (exact) mass is 537 g/mol. The largest absolute Gasteiger partial charge is 0.573 e. The Hall–Kier alpha value is -4.67. The van der Waals surface area contributed by atoms with E-state index < -0.39 is 12.2 Å². The molecule has 0 saturated heterocycles. The number of benzene rings is 3. The third kappa shape index (κ3) is 5.62. The van der Waals surface area contributed by atoms with Crippen molar-refractivity contribution in [3.8, 4) is 28.7 Å². The van der Waals surface area contributed by atoms with E-state index >= 15 is 0 Å². The van der Waals surface area contributed by atoms with Gasteiger partial charge in [0, 0.05) is 24.0 Å². The minimum absolute atomic E-state index is 0.0723. The van der Waals surface area contributed by atoms with E-state index in [2.05, 4.69) is 15.0 Å². The zero-order valence-corrected chi connectivity index (χ0v) is 21.1. The Balaban J connectivity index is 1.76. The Kier molecular flexibility index (Phi) is 6.81. The van der Waals surface area contributed by atoms with Gasteiger partial charge in [-0.2, -0.15) is 0 Å². The summed E-state index contributed by atoms with van der Waals surface area (Å²) in [6.45, 7) is 3.86. The number of halogens is 4. The lowest BCUT2D eigenvalue weighted by atomic mass is 10.1. The Bertz CT molecular complexity index is 1680. The van der Waals surface area contributed by atoms with E-state index in [0.717, 1.165) is 0 Å². The normalized spacial score (nSPS) is 12.4. The number of nitrogens with zero attached hydrogens (tertiary/aromatic N) is 4. The first-order valence-corrected chi connectivity index (χ1v) is 11.9. The smallest absolute Gasteiger partial charge is 0.480 e. The van der Waals surface area contributed by atoms with Crippen LogP contribution in [0.25, 0.3) is 28.1 Å². The zero-order valence-electron chi connectivity index (χ0n) is 21.1. The summed E-state index contributed by atoms with van der Waals surface area (Å²) in [5.74, 6) is -0.456. The van der Waals surface area contributed by atoms with Gasteiger partial charge in [-0.3, -0.25) is 4.99 Å². The van der Waals surface area contributed by atoms with Crippen molar-refractivity contribution in [1.29, 1.82) is 0 Å². The van der Waals surface area contributed by atoms with Gasteiger partial charge in [0.15, 0.2) is 0 Å². The van der Waals surface area contributed by atoms with E-state index in [1.165, 1.54) is 43.5 Å². The minimum Gasteiger partial charge on any atom is -0.480 e. The molecule has 3 aromatic rings. The molecule has 0 unspecified atom stereocenters. The predicted octanol–water partition coefficient (Wildman–Crippen LogP) is 6.62. The number of aromatic nitrogens is 3. The lowest BCUT2D eigenvalue weighted by Gasteiger charge is -2.21. The average Bonchev–Trinajstić information content (AvgIpc) is 2.88. The highest BCUT2D eigenvalue weighted by Crippen LogP contribution is 2.33. The summed E-state index contributed by atoms with van der Waals surface area (Å²) >= 11 is 0. The Morgan fingerprint density at radius 3 is 2.44 bits per heavy atom. The molecule has 0 saturated carbocycles. The van der Waals surface area contributed by atoms with Gasteiger partial charge in [0.1, 0.15) is 17.3 Å². The van der Waals surface area contributed by atoms with Crippen LogP contribution in [-0.2, 0) is 0 Å². The molecular formula is C28H23F4N5O2. The quantitative estimate of drug-likeness (QED) is 0.195. The molecule has 0 radical (unpaired) electrons. The number of alkyl halides is 3. The van der Waals surface area contributed by atoms with Gasteiger partial charge in [-0.1, -0.05) is 0 Å². The van der Waals surface area contributed by atoms with E-state index in [9.17, 15) is 17.6 Å². The van der Waals surface area contributed by atoms with Crippen molar-refractivity contribution in [3.63, 3.8) is 0 Å². The number of hydrogen-bond acceptors (Lipinski definition) is 6. The maximum Gasteiger partial charge on any atom is 0.573 e. The summed E-state index contributed by atoms with van der Waals surface area (Å²) in [4.78, 5) is 13.7. The van der Waals surface area contributed by atoms with Gasteiger partial charge in [-0.15, -0.1) is 13.2 Å². The van der Waals surface area contributed by atoms with E-state index in [0.29, 0.717) is 50.7 Å². The molecule has 2 aromatic carbocycles. The SMILES string of the molecule is COc1ncccc1Nc1cc2nc3ccc(F)cc3n(-c3ccc(OC(F)(F)F)cc3)c-2cc1=NC(C)C. The molecule has 39 heavy (non-hydrogen) atoms. The highest BCUT2D eigenvalue weighted by molar-refractivity contribution is 5.84. The Labute approximate surface area is 220 Å². The van der Waals surface area contributed by atoms with Gasteiger partial charge in [0.05, 0.1) is 40.6 Å². The van der Waals surface area contributed by atoms with Crippen LogP contribution in [0.3, 0.4) is 0 Å². The van der Waals surface area contributed by atoms with Crippen LogP contribution >= 0.6 is 0 Å². The standard InChI is InChI=1S/C28H23F4N5O2/c1-16(2)34-23-15-26-24(14-22(23)36-21-5-4-12-33-27(21)38-3)35-20-11-6-17(29)13-25(20)37(26)18-7-9-19(10-8-18)39-28(30,31)32/h4-16,36H,1-3H3. The van der Waals surface area contributed by atoms with Crippen molar-refractivity contribution in [1.82, 2.24) is 14.5 Å². The van der Waals surface area contributed by atoms with Crippen molar-refractivity contribution in [2.24, 2.45) is 4.99 Å². The van der Waals surface area contributed by atoms with Crippen LogP contribution in [0.2, 0.25) is 0 Å².